The molecule has 0 aliphatic heterocycles. The Kier molecular flexibility index (Phi) is 11.9. The minimum atomic E-state index is -6.01. The van der Waals surface area contributed by atoms with Crippen LogP contribution >= 0.6 is 0 Å². The van der Waals surface area contributed by atoms with Crippen LogP contribution in [-0.4, -0.2) is 66.5 Å². The monoisotopic (exact) mass is 702 g/mol. The first-order chi connectivity index (χ1) is 22.7. The summed E-state index contributed by atoms with van der Waals surface area (Å²) in [5.41, 5.74) is 3.30. The Hall–Kier alpha value is -3.94. The SMILES string of the molecule is CCN=C1C=C/C(=C(\c2ccc(N(CC)CC)cc2)c2ccc(N(CC)CCCS(=O)(=O)NS(=O)(=O)C(F)(F)F)cc2)c2ccccc21. The summed E-state index contributed by atoms with van der Waals surface area (Å²) in [7, 11) is -10.7. The standard InChI is InChI=1S/C35H41F3N4O4S2/c1-5-39-33-23-22-32(30-12-9-10-13-31(30)33)34(26-14-18-28(19-15-26)41(6-2)7-3)27-16-20-29(21-17-27)42(8-4)24-11-25-47(43,44)40-48(45,46)35(36,37)38/h9-10,12-23,40H,5-8,11,24-25H2,1-4H3/b34-32-,39-33?. The Morgan fingerprint density at radius 3 is 1.75 bits per heavy atom. The summed E-state index contributed by atoms with van der Waals surface area (Å²) in [5, 5.41) is 0. The Morgan fingerprint density at radius 1 is 0.729 bits per heavy atom. The lowest BCUT2D eigenvalue weighted by Crippen LogP contribution is -2.41. The minimum Gasteiger partial charge on any atom is -0.372 e. The fourth-order valence-corrected chi connectivity index (χ4v) is 8.28. The predicted molar refractivity (Wildman–Crippen MR) is 189 cm³/mol. The van der Waals surface area contributed by atoms with Crippen molar-refractivity contribution in [3.05, 3.63) is 107 Å². The van der Waals surface area contributed by atoms with Crippen molar-refractivity contribution in [1.29, 1.82) is 0 Å². The number of alkyl halides is 3. The zero-order valence-electron chi connectivity index (χ0n) is 27.5. The van der Waals surface area contributed by atoms with Crippen LogP contribution < -0.4 is 13.9 Å². The molecule has 0 saturated heterocycles. The largest absolute Gasteiger partial charge is 0.512 e. The van der Waals surface area contributed by atoms with Gasteiger partial charge in [0.15, 0.2) is 0 Å². The molecule has 0 spiro atoms. The van der Waals surface area contributed by atoms with Crippen molar-refractivity contribution in [2.24, 2.45) is 4.99 Å². The van der Waals surface area contributed by atoms with Gasteiger partial charge in [-0.3, -0.25) is 4.99 Å². The number of benzene rings is 3. The lowest BCUT2D eigenvalue weighted by atomic mass is 9.83. The summed E-state index contributed by atoms with van der Waals surface area (Å²) in [4.78, 5) is 8.86. The highest BCUT2D eigenvalue weighted by atomic mass is 32.3. The Balaban J connectivity index is 1.68. The fourth-order valence-electron chi connectivity index (χ4n) is 5.72. The Labute approximate surface area is 281 Å². The van der Waals surface area contributed by atoms with Crippen LogP contribution in [0.15, 0.2) is 89.9 Å². The van der Waals surface area contributed by atoms with E-state index in [0.717, 1.165) is 67.7 Å². The van der Waals surface area contributed by atoms with Gasteiger partial charge in [-0.15, -0.1) is 4.13 Å². The summed E-state index contributed by atoms with van der Waals surface area (Å²) in [6.07, 6.45) is 4.06. The molecule has 48 heavy (non-hydrogen) atoms. The first-order valence-corrected chi connectivity index (χ1v) is 19.0. The van der Waals surface area contributed by atoms with Crippen LogP contribution in [0.3, 0.4) is 0 Å². The number of hydrogen-bond donors (Lipinski definition) is 1. The van der Waals surface area contributed by atoms with Gasteiger partial charge in [0.2, 0.25) is 10.0 Å². The van der Waals surface area contributed by atoms with Crippen molar-refractivity contribution >= 4 is 48.3 Å². The van der Waals surface area contributed by atoms with Crippen LogP contribution in [0.5, 0.6) is 0 Å². The second-order valence-electron chi connectivity index (χ2n) is 11.1. The summed E-state index contributed by atoms with van der Waals surface area (Å²) >= 11 is 0. The molecule has 0 radical (unpaired) electrons. The Bertz CT molecular complexity index is 1880. The molecule has 0 aromatic heterocycles. The smallest absolute Gasteiger partial charge is 0.372 e. The second-order valence-corrected chi connectivity index (χ2v) is 14.9. The van der Waals surface area contributed by atoms with Crippen LogP contribution in [0.25, 0.3) is 11.1 Å². The van der Waals surface area contributed by atoms with Gasteiger partial charge >= 0.3 is 15.5 Å². The van der Waals surface area contributed by atoms with Gasteiger partial charge in [-0.2, -0.15) is 13.2 Å². The Morgan fingerprint density at radius 2 is 1.25 bits per heavy atom. The van der Waals surface area contributed by atoms with Crippen molar-refractivity contribution < 1.29 is 30.0 Å². The molecule has 0 unspecified atom stereocenters. The number of allylic oxidation sites excluding steroid dienone is 3. The average molecular weight is 703 g/mol. The second kappa shape index (κ2) is 15.5. The molecule has 13 heteroatoms. The van der Waals surface area contributed by atoms with Crippen molar-refractivity contribution in [3.8, 4) is 0 Å². The fraction of sp³-hybridized carbons (Fsp3) is 0.343. The molecule has 3 aromatic rings. The zero-order chi connectivity index (χ0) is 35.1. The maximum atomic E-state index is 12.7. The number of aliphatic imine (C=N–C) groups is 1. The topological polar surface area (TPSA) is 99.1 Å². The number of sulfonamides is 2. The van der Waals surface area contributed by atoms with Gasteiger partial charge in [0, 0.05) is 49.7 Å². The maximum absolute atomic E-state index is 12.7. The van der Waals surface area contributed by atoms with E-state index in [1.54, 1.807) is 0 Å². The van der Waals surface area contributed by atoms with Crippen LogP contribution in [-0.2, 0) is 20.0 Å². The molecule has 1 aliphatic rings. The number of fused-ring (bicyclic) bond motifs is 1. The third-order valence-electron chi connectivity index (χ3n) is 8.07. The third kappa shape index (κ3) is 8.55. The lowest BCUT2D eigenvalue weighted by Gasteiger charge is -2.25. The number of halogens is 3. The zero-order valence-corrected chi connectivity index (χ0v) is 29.1. The molecule has 3 aromatic carbocycles. The van der Waals surface area contributed by atoms with Crippen LogP contribution in [0.4, 0.5) is 24.5 Å². The molecule has 4 rings (SSSR count). The van der Waals surface area contributed by atoms with E-state index in [2.05, 4.69) is 61.2 Å². The van der Waals surface area contributed by atoms with E-state index in [0.29, 0.717) is 13.1 Å². The number of anilines is 2. The first kappa shape index (κ1) is 36.9. The minimum absolute atomic E-state index is 0.0876. The van der Waals surface area contributed by atoms with E-state index in [9.17, 15) is 30.0 Å². The third-order valence-corrected chi connectivity index (χ3v) is 11.4. The van der Waals surface area contributed by atoms with E-state index >= 15 is 0 Å². The molecule has 8 nitrogen and oxygen atoms in total. The molecular formula is C35H41F3N4O4S2. The average Bonchev–Trinajstić information content (AvgIpc) is 3.05. The molecule has 1 N–H and O–H groups in total. The molecular weight excluding hydrogens is 662 g/mol. The van der Waals surface area contributed by atoms with E-state index in [1.807, 2.05) is 61.2 Å². The van der Waals surface area contributed by atoms with Gasteiger partial charge in [-0.1, -0.05) is 54.6 Å². The van der Waals surface area contributed by atoms with Crippen molar-refractivity contribution in [3.63, 3.8) is 0 Å². The molecule has 0 atom stereocenters. The summed E-state index contributed by atoms with van der Waals surface area (Å²) < 4.78 is 85.6. The van der Waals surface area contributed by atoms with Gasteiger partial charge in [-0.25, -0.2) is 16.8 Å². The maximum Gasteiger partial charge on any atom is 0.512 e. The number of nitrogens with one attached hydrogen (secondary N) is 1. The highest BCUT2D eigenvalue weighted by Crippen LogP contribution is 2.38. The van der Waals surface area contributed by atoms with Gasteiger partial charge in [0.1, 0.15) is 0 Å². The molecule has 0 bridgehead atoms. The molecule has 0 amide bonds. The number of hydrogen-bond acceptors (Lipinski definition) is 7. The number of rotatable bonds is 14. The molecule has 0 heterocycles. The van der Waals surface area contributed by atoms with Crippen molar-refractivity contribution in [1.82, 2.24) is 4.13 Å². The highest BCUT2D eigenvalue weighted by Gasteiger charge is 2.48. The van der Waals surface area contributed by atoms with Crippen molar-refractivity contribution in [2.45, 2.75) is 39.6 Å². The normalized spacial score (nSPS) is 15.4. The predicted octanol–water partition coefficient (Wildman–Crippen LogP) is 6.86. The van der Waals surface area contributed by atoms with Gasteiger partial charge < -0.3 is 9.80 Å². The van der Waals surface area contributed by atoms with Crippen LogP contribution in [0.2, 0.25) is 0 Å². The summed E-state index contributed by atoms with van der Waals surface area (Å²) in [6.45, 7) is 11.2. The van der Waals surface area contributed by atoms with E-state index < -0.39 is 31.3 Å². The van der Waals surface area contributed by atoms with E-state index in [4.69, 9.17) is 4.99 Å². The molecule has 258 valence electrons. The molecule has 0 saturated carbocycles. The van der Waals surface area contributed by atoms with E-state index in [1.165, 1.54) is 0 Å². The van der Waals surface area contributed by atoms with Crippen LogP contribution in [0, 0.1) is 0 Å². The van der Waals surface area contributed by atoms with Gasteiger partial charge in [0.05, 0.1) is 11.5 Å². The van der Waals surface area contributed by atoms with Gasteiger partial charge in [0.25, 0.3) is 0 Å². The first-order valence-electron chi connectivity index (χ1n) is 15.8. The quantitative estimate of drug-likeness (QED) is 0.197. The number of nitrogens with zero attached hydrogens (tertiary/aromatic N) is 3. The summed E-state index contributed by atoms with van der Waals surface area (Å²) in [5.74, 6) is -0.786. The lowest BCUT2D eigenvalue weighted by molar-refractivity contribution is -0.0441. The molecule has 1 aliphatic carbocycles. The van der Waals surface area contributed by atoms with Gasteiger partial charge in [-0.05, 0) is 92.3 Å². The highest BCUT2D eigenvalue weighted by molar-refractivity contribution is 8.05. The van der Waals surface area contributed by atoms with E-state index in [-0.39, 0.29) is 13.0 Å². The summed E-state index contributed by atoms with van der Waals surface area (Å²) in [6, 6.07) is 24.5. The van der Waals surface area contributed by atoms with Crippen LogP contribution in [0.1, 0.15) is 56.4 Å². The van der Waals surface area contributed by atoms with Crippen molar-refractivity contribution in [2.75, 3.05) is 48.3 Å². The molecule has 0 fully saturated rings.